The molecule has 0 amide bonds. The second-order valence-electron chi connectivity index (χ2n) is 8.29. The molecule has 11 heteroatoms. The van der Waals surface area contributed by atoms with Gasteiger partial charge in [-0.15, -0.1) is 0 Å². The van der Waals surface area contributed by atoms with Gasteiger partial charge in [-0.2, -0.15) is 0 Å². The minimum atomic E-state index is -2.93. The number of carbonyl (C=O) groups excluding carboxylic acids is 1. The van der Waals surface area contributed by atoms with E-state index in [1.807, 2.05) is 0 Å². The number of hydrogen-bond donors (Lipinski definition) is 0. The molecule has 4 heterocycles. The fraction of sp³-hybridized carbons (Fsp3) is 0.280. The molecule has 0 saturated carbocycles. The highest BCUT2D eigenvalue weighted by Crippen LogP contribution is 2.31. The van der Waals surface area contributed by atoms with Crippen molar-refractivity contribution < 1.29 is 25.4 Å². The third-order valence-corrected chi connectivity index (χ3v) is 5.79. The van der Waals surface area contributed by atoms with E-state index in [2.05, 4.69) is 9.97 Å². The standard InChI is InChI=1S/C25H22ClF3N4O3/c1-32(2)8-7-19(34)23-22(29)24-14(11-31-23)5-3-4-6-16-10-20(21(26)25(35)33(16)24)36-13-18-17(28)9-15(27)12-30-18/h7-12H,3-6,13H2,1-2H3/b8-7-/i13D2. The summed E-state index contributed by atoms with van der Waals surface area (Å²) in [5.74, 6) is -4.44. The molecule has 3 aromatic heterocycles. The fourth-order valence-corrected chi connectivity index (χ4v) is 3.91. The number of ether oxygens (including phenoxy) is 1. The Morgan fingerprint density at radius 1 is 1.22 bits per heavy atom. The summed E-state index contributed by atoms with van der Waals surface area (Å²) in [6.07, 6.45) is 6.40. The Bertz CT molecular complexity index is 1510. The first-order chi connectivity index (χ1) is 17.9. The van der Waals surface area contributed by atoms with Crippen LogP contribution in [-0.4, -0.2) is 39.3 Å². The molecule has 7 nitrogen and oxygen atoms in total. The summed E-state index contributed by atoms with van der Waals surface area (Å²) < 4.78 is 65.8. The first kappa shape index (κ1) is 22.8. The summed E-state index contributed by atoms with van der Waals surface area (Å²) in [5, 5.41) is -0.608. The number of pyridine rings is 3. The highest BCUT2D eigenvalue weighted by Gasteiger charge is 2.26. The molecule has 0 radical (unpaired) electrons. The number of nitrogens with zero attached hydrogens (tertiary/aromatic N) is 4. The number of halogens is 4. The summed E-state index contributed by atoms with van der Waals surface area (Å²) in [7, 11) is 3.38. The van der Waals surface area contributed by atoms with Crippen molar-refractivity contribution in [2.75, 3.05) is 14.1 Å². The van der Waals surface area contributed by atoms with Gasteiger partial charge in [-0.05, 0) is 31.2 Å². The van der Waals surface area contributed by atoms with Crippen molar-refractivity contribution >= 4 is 17.4 Å². The average molecular weight is 521 g/mol. The van der Waals surface area contributed by atoms with Crippen molar-refractivity contribution in [3.05, 3.63) is 92.3 Å². The minimum absolute atomic E-state index is 0.177. The van der Waals surface area contributed by atoms with E-state index < -0.39 is 57.5 Å². The molecule has 0 spiro atoms. The van der Waals surface area contributed by atoms with Gasteiger partial charge in [0.1, 0.15) is 34.5 Å². The maximum Gasteiger partial charge on any atom is 0.278 e. The third kappa shape index (κ3) is 5.13. The zero-order valence-corrected chi connectivity index (χ0v) is 20.1. The molecule has 3 aromatic rings. The Kier molecular flexibility index (Phi) is 6.66. The SMILES string of the molecule is [2H]C([2H])(Oc1cc2n(c(=O)c1Cl)-c1c(cnc(C(=O)/C=C\N(C)C)c1F)CCCC2)c1ncc(F)cc1F. The largest absolute Gasteiger partial charge is 0.485 e. The second kappa shape index (κ2) is 10.5. The van der Waals surface area contributed by atoms with Crippen molar-refractivity contribution in [1.82, 2.24) is 19.4 Å². The lowest BCUT2D eigenvalue weighted by Crippen LogP contribution is -2.27. The number of aryl methyl sites for hydroxylation is 2. The van der Waals surface area contributed by atoms with Gasteiger partial charge in [0.15, 0.2) is 11.6 Å². The molecular weight excluding hydrogens is 497 g/mol. The number of carbonyl (C=O) groups is 1. The lowest BCUT2D eigenvalue weighted by Gasteiger charge is -2.22. The Morgan fingerprint density at radius 2 is 1.97 bits per heavy atom. The van der Waals surface area contributed by atoms with Crippen LogP contribution in [0.25, 0.3) is 5.69 Å². The zero-order chi connectivity index (χ0) is 27.8. The van der Waals surface area contributed by atoms with Gasteiger partial charge in [-0.1, -0.05) is 11.6 Å². The summed E-state index contributed by atoms with van der Waals surface area (Å²) in [4.78, 5) is 35.1. The Balaban J connectivity index is 1.85. The van der Waals surface area contributed by atoms with Crippen LogP contribution in [0.1, 0.15) is 43.0 Å². The Hall–Kier alpha value is -3.66. The topological polar surface area (TPSA) is 77.3 Å². The number of aromatic nitrogens is 3. The van der Waals surface area contributed by atoms with E-state index in [1.165, 1.54) is 18.5 Å². The van der Waals surface area contributed by atoms with Crippen LogP contribution in [0.4, 0.5) is 13.2 Å². The van der Waals surface area contributed by atoms with Gasteiger partial charge in [-0.25, -0.2) is 18.2 Å². The molecule has 1 aliphatic rings. The van der Waals surface area contributed by atoms with E-state index in [0.29, 0.717) is 37.1 Å². The normalized spacial score (nSPS) is 14.3. The van der Waals surface area contributed by atoms with Crippen LogP contribution in [0.15, 0.2) is 41.6 Å². The molecule has 0 fully saturated rings. The van der Waals surface area contributed by atoms with Gasteiger partial charge in [0.05, 0.1) is 14.6 Å². The first-order valence-corrected chi connectivity index (χ1v) is 11.3. The maximum atomic E-state index is 15.8. The van der Waals surface area contributed by atoms with Crippen molar-refractivity contribution in [1.29, 1.82) is 0 Å². The van der Waals surface area contributed by atoms with Gasteiger partial charge >= 0.3 is 0 Å². The number of rotatable bonds is 6. The van der Waals surface area contributed by atoms with E-state index in [0.717, 1.165) is 10.6 Å². The van der Waals surface area contributed by atoms with Crippen LogP contribution in [0.3, 0.4) is 0 Å². The van der Waals surface area contributed by atoms with Crippen molar-refractivity contribution in [3.63, 3.8) is 0 Å². The van der Waals surface area contributed by atoms with Crippen molar-refractivity contribution in [2.24, 2.45) is 0 Å². The van der Waals surface area contributed by atoms with E-state index in [-0.39, 0.29) is 17.8 Å². The van der Waals surface area contributed by atoms with Crippen molar-refractivity contribution in [3.8, 4) is 11.4 Å². The van der Waals surface area contributed by atoms with E-state index in [4.69, 9.17) is 19.1 Å². The molecule has 0 N–H and O–H groups in total. The lowest BCUT2D eigenvalue weighted by atomic mass is 10.0. The lowest BCUT2D eigenvalue weighted by molar-refractivity contribution is 0.103. The molecule has 0 bridgehead atoms. The molecule has 0 atom stereocenters. The van der Waals surface area contributed by atoms with Gasteiger partial charge in [0.2, 0.25) is 5.78 Å². The molecule has 36 heavy (non-hydrogen) atoms. The minimum Gasteiger partial charge on any atom is -0.485 e. The first-order valence-electron chi connectivity index (χ1n) is 11.9. The monoisotopic (exact) mass is 520 g/mol. The summed E-state index contributed by atoms with van der Waals surface area (Å²) >= 11 is 6.27. The molecule has 4 rings (SSSR count). The second-order valence-corrected chi connectivity index (χ2v) is 8.67. The van der Waals surface area contributed by atoms with Crippen molar-refractivity contribution in [2.45, 2.75) is 32.2 Å². The quantitative estimate of drug-likeness (QED) is 0.354. The molecular formula is C25H22ClF3N4O3. The summed E-state index contributed by atoms with van der Waals surface area (Å²) in [5.41, 5.74) is -1.83. The highest BCUT2D eigenvalue weighted by molar-refractivity contribution is 6.31. The Morgan fingerprint density at radius 3 is 2.69 bits per heavy atom. The summed E-state index contributed by atoms with van der Waals surface area (Å²) in [6.45, 7) is -2.93. The third-order valence-electron chi connectivity index (χ3n) is 5.44. The molecule has 0 aliphatic carbocycles. The van der Waals surface area contributed by atoms with Gasteiger partial charge in [0, 0.05) is 50.4 Å². The molecule has 0 aromatic carbocycles. The fourth-order valence-electron chi connectivity index (χ4n) is 3.74. The summed E-state index contributed by atoms with van der Waals surface area (Å²) in [6, 6.07) is 1.70. The highest BCUT2D eigenvalue weighted by atomic mass is 35.5. The smallest absolute Gasteiger partial charge is 0.278 e. The van der Waals surface area contributed by atoms with Crippen LogP contribution in [-0.2, 0) is 19.4 Å². The van der Waals surface area contributed by atoms with E-state index in [1.54, 1.807) is 19.0 Å². The number of fused-ring (bicyclic) bond motifs is 3. The van der Waals surface area contributed by atoms with Gasteiger partial charge in [-0.3, -0.25) is 19.1 Å². The zero-order valence-electron chi connectivity index (χ0n) is 21.3. The molecule has 188 valence electrons. The maximum absolute atomic E-state index is 15.8. The van der Waals surface area contributed by atoms with Gasteiger partial charge in [0.25, 0.3) is 5.56 Å². The van der Waals surface area contributed by atoms with Crippen LogP contribution in [0.5, 0.6) is 5.75 Å². The van der Waals surface area contributed by atoms with E-state index >= 15 is 4.39 Å². The molecule has 0 saturated heterocycles. The van der Waals surface area contributed by atoms with Gasteiger partial charge < -0.3 is 9.64 Å². The van der Waals surface area contributed by atoms with Crippen LogP contribution in [0, 0.1) is 17.5 Å². The van der Waals surface area contributed by atoms with E-state index in [9.17, 15) is 18.4 Å². The number of ketones is 1. The van der Waals surface area contributed by atoms with Crippen LogP contribution in [0.2, 0.25) is 5.02 Å². The Labute approximate surface area is 212 Å². The van der Waals surface area contributed by atoms with Crippen LogP contribution >= 0.6 is 11.6 Å². The predicted octanol–water partition coefficient (Wildman–Crippen LogP) is 4.41. The molecule has 0 unspecified atom stereocenters. The number of hydrogen-bond acceptors (Lipinski definition) is 6. The number of allylic oxidation sites excluding steroid dienone is 1. The predicted molar refractivity (Wildman–Crippen MR) is 127 cm³/mol. The molecule has 1 aliphatic heterocycles. The van der Waals surface area contributed by atoms with Crippen LogP contribution < -0.4 is 10.3 Å². The average Bonchev–Trinajstić information content (AvgIpc) is 2.82.